The Morgan fingerprint density at radius 2 is 1.73 bits per heavy atom. The lowest BCUT2D eigenvalue weighted by atomic mass is 9.63. The van der Waals surface area contributed by atoms with Crippen LogP contribution in [0.2, 0.25) is 0 Å². The summed E-state index contributed by atoms with van der Waals surface area (Å²) in [5.41, 5.74) is 1.41. The number of hydrogen-bond donors (Lipinski definition) is 0. The van der Waals surface area contributed by atoms with Gasteiger partial charge in [0.1, 0.15) is 6.61 Å². The van der Waals surface area contributed by atoms with Gasteiger partial charge in [-0.25, -0.2) is 0 Å². The summed E-state index contributed by atoms with van der Waals surface area (Å²) in [5.74, 6) is 1.35. The van der Waals surface area contributed by atoms with Crippen LogP contribution < -0.4 is 9.47 Å². The van der Waals surface area contributed by atoms with Gasteiger partial charge in [0, 0.05) is 12.1 Å². The van der Waals surface area contributed by atoms with Crippen molar-refractivity contribution in [1.29, 1.82) is 0 Å². The summed E-state index contributed by atoms with van der Waals surface area (Å²) in [6.07, 6.45) is 6.89. The van der Waals surface area contributed by atoms with Crippen molar-refractivity contribution in [3.8, 4) is 11.5 Å². The summed E-state index contributed by atoms with van der Waals surface area (Å²) in [7, 11) is 0. The van der Waals surface area contributed by atoms with Crippen LogP contribution >= 0.6 is 15.9 Å². The van der Waals surface area contributed by atoms with Crippen LogP contribution in [0.4, 0.5) is 5.69 Å². The molecular weight excluding hydrogens is 542 g/mol. The number of hydrazone groups is 1. The van der Waals surface area contributed by atoms with E-state index in [1.165, 1.54) is 18.3 Å². The Morgan fingerprint density at radius 1 is 1.08 bits per heavy atom. The molecule has 190 valence electrons. The van der Waals surface area contributed by atoms with Crippen LogP contribution in [0, 0.1) is 45.6 Å². The summed E-state index contributed by atoms with van der Waals surface area (Å²) < 4.78 is 12.4. The molecule has 1 aliphatic heterocycles. The Bertz CT molecular complexity index is 1320. The molecule has 0 N–H and O–H groups in total. The van der Waals surface area contributed by atoms with Crippen molar-refractivity contribution >= 4 is 39.6 Å². The molecule has 2 aromatic rings. The average Bonchev–Trinajstić information content (AvgIpc) is 3.67. The van der Waals surface area contributed by atoms with E-state index < -0.39 is 4.92 Å². The molecule has 10 heteroatoms. The molecule has 2 amide bonds. The first-order chi connectivity index (χ1) is 17.9. The Labute approximate surface area is 221 Å². The predicted molar refractivity (Wildman–Crippen MR) is 137 cm³/mol. The molecule has 0 aromatic heterocycles. The van der Waals surface area contributed by atoms with Crippen LogP contribution in [0.5, 0.6) is 11.5 Å². The standard InChI is InChI=1S/C27H24BrN3O6/c1-2-36-22-10-15(9-21(28)25(22)37-13-14-3-5-16(6-4-14)31(34)35)12-29-30-26(32)23-17-7-8-18(20-11-19(17)20)24(23)27(30)33/h3-10,12,17-20,23-24H,2,11,13H2,1H3/b29-12-/t17-,18-,19-,20-,23-,24+/m0/s1. The molecular formula is C27H24BrN3O6. The Hall–Kier alpha value is -3.53. The van der Waals surface area contributed by atoms with E-state index in [1.54, 1.807) is 24.3 Å². The van der Waals surface area contributed by atoms with Crippen LogP contribution in [0.25, 0.3) is 0 Å². The van der Waals surface area contributed by atoms with Crippen molar-refractivity contribution < 1.29 is 24.0 Å². The van der Waals surface area contributed by atoms with Crippen LogP contribution in [0.1, 0.15) is 24.5 Å². The zero-order valence-corrected chi connectivity index (χ0v) is 21.5. The second kappa shape index (κ2) is 9.09. The van der Waals surface area contributed by atoms with Crippen molar-refractivity contribution in [1.82, 2.24) is 5.01 Å². The molecule has 37 heavy (non-hydrogen) atoms. The highest BCUT2D eigenvalue weighted by atomic mass is 79.9. The number of hydrogen-bond acceptors (Lipinski definition) is 7. The zero-order valence-electron chi connectivity index (χ0n) is 20.0. The molecule has 0 unspecified atom stereocenters. The number of non-ortho nitro benzene ring substituents is 1. The lowest BCUT2D eigenvalue weighted by Gasteiger charge is -2.37. The normalized spacial score (nSPS) is 29.0. The number of imide groups is 1. The van der Waals surface area contributed by atoms with Gasteiger partial charge < -0.3 is 9.47 Å². The molecule has 7 rings (SSSR count). The number of allylic oxidation sites excluding steroid dienone is 2. The van der Waals surface area contributed by atoms with Gasteiger partial charge in [-0.1, -0.05) is 12.2 Å². The number of rotatable bonds is 8. The first kappa shape index (κ1) is 23.8. The van der Waals surface area contributed by atoms with Gasteiger partial charge in [0.25, 0.3) is 17.5 Å². The summed E-state index contributed by atoms with van der Waals surface area (Å²) in [6, 6.07) is 9.65. The molecule has 2 aromatic carbocycles. The van der Waals surface area contributed by atoms with Crippen molar-refractivity contribution in [2.24, 2.45) is 40.6 Å². The summed E-state index contributed by atoms with van der Waals surface area (Å²) in [6.45, 7) is 2.43. The smallest absolute Gasteiger partial charge is 0.269 e. The number of carbonyl (C=O) groups is 2. The van der Waals surface area contributed by atoms with E-state index in [2.05, 4.69) is 33.2 Å². The molecule has 4 aliphatic carbocycles. The first-order valence-electron chi connectivity index (χ1n) is 12.3. The van der Waals surface area contributed by atoms with Gasteiger partial charge in [0.05, 0.1) is 34.1 Å². The number of amides is 2. The average molecular weight is 566 g/mol. The maximum atomic E-state index is 13.2. The Balaban J connectivity index is 1.19. The van der Waals surface area contributed by atoms with Gasteiger partial charge in [-0.05, 0) is 88.3 Å². The van der Waals surface area contributed by atoms with Crippen LogP contribution in [0.3, 0.4) is 0 Å². The molecule has 5 aliphatic rings. The highest BCUT2D eigenvalue weighted by molar-refractivity contribution is 9.10. The topological polar surface area (TPSA) is 111 Å². The fourth-order valence-electron chi connectivity index (χ4n) is 6.11. The van der Waals surface area contributed by atoms with Crippen molar-refractivity contribution in [3.05, 3.63) is 74.3 Å². The molecule has 9 nitrogen and oxygen atoms in total. The second-order valence-corrected chi connectivity index (χ2v) is 10.7. The SMILES string of the molecule is CCOc1cc(/C=N\N2C(=O)[C@@H]3[C@H]4C=C[C@@H]([C@@H]5C[C@@H]45)[C@@H]3C2=O)cc(Br)c1OCc1ccc([N+](=O)[O-])cc1. The van der Waals surface area contributed by atoms with Crippen molar-refractivity contribution in [2.45, 2.75) is 20.0 Å². The molecule has 0 radical (unpaired) electrons. The van der Waals surface area contributed by atoms with Crippen molar-refractivity contribution in [2.75, 3.05) is 6.61 Å². The number of nitrogens with zero attached hydrogens (tertiary/aromatic N) is 3. The minimum atomic E-state index is -0.449. The van der Waals surface area contributed by atoms with Crippen molar-refractivity contribution in [3.63, 3.8) is 0 Å². The van der Waals surface area contributed by atoms with Gasteiger partial charge in [-0.15, -0.1) is 0 Å². The highest BCUT2D eigenvalue weighted by Gasteiger charge is 2.67. The second-order valence-electron chi connectivity index (χ2n) is 9.86. The van der Waals surface area contributed by atoms with E-state index in [9.17, 15) is 19.7 Å². The fraction of sp³-hybridized carbons (Fsp3) is 0.370. The maximum absolute atomic E-state index is 13.2. The first-order valence-corrected chi connectivity index (χ1v) is 13.1. The van der Waals surface area contributed by atoms with Gasteiger partial charge in [-0.3, -0.25) is 19.7 Å². The molecule has 2 saturated carbocycles. The van der Waals surface area contributed by atoms with Crippen LogP contribution in [-0.2, 0) is 16.2 Å². The molecule has 6 atom stereocenters. The summed E-state index contributed by atoms with van der Waals surface area (Å²) in [5, 5.41) is 16.2. The lowest BCUT2D eigenvalue weighted by Crippen LogP contribution is -2.40. The summed E-state index contributed by atoms with van der Waals surface area (Å²) in [4.78, 5) is 36.7. The molecule has 2 bridgehead atoms. The lowest BCUT2D eigenvalue weighted by molar-refractivity contribution is -0.384. The van der Waals surface area contributed by atoms with Gasteiger partial charge in [0.2, 0.25) is 0 Å². The zero-order chi connectivity index (χ0) is 25.8. The van der Waals surface area contributed by atoms with Crippen LogP contribution in [-0.4, -0.2) is 34.6 Å². The third-order valence-corrected chi connectivity index (χ3v) is 8.41. The molecule has 3 fully saturated rings. The number of nitro benzene ring substituents is 1. The molecule has 1 heterocycles. The minimum absolute atomic E-state index is 0.0125. The van der Waals surface area contributed by atoms with Gasteiger partial charge in [-0.2, -0.15) is 10.1 Å². The van der Waals surface area contributed by atoms with E-state index in [0.29, 0.717) is 40.0 Å². The van der Waals surface area contributed by atoms with E-state index in [-0.39, 0.29) is 47.8 Å². The van der Waals surface area contributed by atoms with E-state index >= 15 is 0 Å². The number of nitro groups is 1. The third kappa shape index (κ3) is 4.03. The van der Waals surface area contributed by atoms with E-state index in [4.69, 9.17) is 9.47 Å². The minimum Gasteiger partial charge on any atom is -0.490 e. The Kier molecular flexibility index (Phi) is 5.86. The molecule has 0 spiro atoms. The van der Waals surface area contributed by atoms with Crippen LogP contribution in [0.15, 0.2) is 58.1 Å². The quantitative estimate of drug-likeness (QED) is 0.150. The highest BCUT2D eigenvalue weighted by Crippen LogP contribution is 2.65. The number of carbonyl (C=O) groups excluding carboxylic acids is 2. The van der Waals surface area contributed by atoms with E-state index in [0.717, 1.165) is 17.0 Å². The maximum Gasteiger partial charge on any atom is 0.269 e. The third-order valence-electron chi connectivity index (χ3n) is 7.82. The summed E-state index contributed by atoms with van der Waals surface area (Å²) >= 11 is 3.52. The Morgan fingerprint density at radius 3 is 2.32 bits per heavy atom. The predicted octanol–water partition coefficient (Wildman–Crippen LogP) is 4.72. The number of halogens is 1. The molecule has 1 saturated heterocycles. The van der Waals surface area contributed by atoms with Gasteiger partial charge in [0.15, 0.2) is 11.5 Å². The van der Waals surface area contributed by atoms with Gasteiger partial charge >= 0.3 is 0 Å². The largest absolute Gasteiger partial charge is 0.490 e. The monoisotopic (exact) mass is 565 g/mol. The number of ether oxygens (including phenoxy) is 2. The fourth-order valence-corrected chi connectivity index (χ4v) is 6.69. The van der Waals surface area contributed by atoms with E-state index in [1.807, 2.05) is 6.92 Å². The number of benzene rings is 2.